The number of nitrogens with two attached hydrogens (primary N) is 1. The van der Waals surface area contributed by atoms with E-state index in [2.05, 4.69) is 0 Å². The molecule has 0 aliphatic carbocycles. The van der Waals surface area contributed by atoms with Crippen molar-refractivity contribution in [2.75, 3.05) is 0 Å². The molecule has 1 rings (SSSR count). The summed E-state index contributed by atoms with van der Waals surface area (Å²) in [6, 6.07) is 3.59. The Kier molecular flexibility index (Phi) is 11.6. The summed E-state index contributed by atoms with van der Waals surface area (Å²) in [5, 5.41) is 0. The van der Waals surface area contributed by atoms with Crippen LogP contribution >= 0.6 is 0 Å². The van der Waals surface area contributed by atoms with E-state index in [1.54, 1.807) is 33.8 Å². The van der Waals surface area contributed by atoms with Gasteiger partial charge in [0.15, 0.2) is 11.5 Å². The van der Waals surface area contributed by atoms with E-state index in [0.717, 1.165) is 0 Å². The number of carbonyl (C=O) groups is 4. The lowest BCUT2D eigenvalue weighted by Crippen LogP contribution is -2.39. The van der Waals surface area contributed by atoms with Crippen LogP contribution in [-0.4, -0.2) is 42.1 Å². The first-order valence-electron chi connectivity index (χ1n) is 11.2. The maximum Gasteiger partial charge on any atom is 0.323 e. The third kappa shape index (κ3) is 10.0. The molecule has 0 amide bonds. The van der Waals surface area contributed by atoms with Crippen LogP contribution in [0.15, 0.2) is 18.2 Å². The summed E-state index contributed by atoms with van der Waals surface area (Å²) in [6.45, 7) is 10.4. The predicted octanol–water partition coefficient (Wildman–Crippen LogP) is 3.10. The molecule has 0 unspecified atom stereocenters. The molecule has 3 atom stereocenters. The van der Waals surface area contributed by atoms with Gasteiger partial charge in [0, 0.05) is 19.3 Å². The quantitative estimate of drug-likeness (QED) is 0.365. The topological polar surface area (TPSA) is 131 Å². The normalized spacial score (nSPS) is 13.6. The highest BCUT2D eigenvalue weighted by molar-refractivity contribution is 5.77. The molecular weight excluding hydrogens is 430 g/mol. The van der Waals surface area contributed by atoms with E-state index in [9.17, 15) is 19.2 Å². The van der Waals surface area contributed by atoms with E-state index >= 15 is 0 Å². The Morgan fingerprint density at radius 3 is 1.91 bits per heavy atom. The molecule has 0 aliphatic rings. The number of carbonyl (C=O) groups excluding carboxylic acids is 4. The highest BCUT2D eigenvalue weighted by Crippen LogP contribution is 2.30. The molecule has 9 heteroatoms. The van der Waals surface area contributed by atoms with Gasteiger partial charge in [-0.3, -0.25) is 19.2 Å². The van der Waals surface area contributed by atoms with E-state index in [1.807, 2.05) is 13.8 Å². The fourth-order valence-corrected chi connectivity index (χ4v) is 2.62. The first kappa shape index (κ1) is 28.1. The minimum Gasteiger partial charge on any atom is -0.459 e. The number of hydrogen-bond donors (Lipinski definition) is 1. The summed E-state index contributed by atoms with van der Waals surface area (Å²) in [5.41, 5.74) is 6.59. The Balaban J connectivity index is 2.81. The maximum atomic E-state index is 12.4. The van der Waals surface area contributed by atoms with Crippen molar-refractivity contribution in [3.05, 3.63) is 23.8 Å². The highest BCUT2D eigenvalue weighted by atomic mass is 16.6. The molecule has 0 spiro atoms. The standard InChI is InChI=1S/C24H35NO8/c1-7-21(26)32-19-10-9-17(13-20(19)33-22(27)8-2)12-18(25)24(29)31-16(6)15(5)30-23(28)11-14(3)4/h9-10,13-16,18H,7-8,11-12,25H2,1-6H3/t15-,16-,18-/m0/s1. The molecule has 1 aromatic carbocycles. The van der Waals surface area contributed by atoms with Crippen LogP contribution < -0.4 is 15.2 Å². The Morgan fingerprint density at radius 1 is 0.818 bits per heavy atom. The van der Waals surface area contributed by atoms with Gasteiger partial charge >= 0.3 is 23.9 Å². The Bertz CT molecular complexity index is 836. The second-order valence-electron chi connectivity index (χ2n) is 8.18. The molecule has 2 N–H and O–H groups in total. The van der Waals surface area contributed by atoms with Crippen LogP contribution in [0.2, 0.25) is 0 Å². The van der Waals surface area contributed by atoms with Crippen molar-refractivity contribution in [3.63, 3.8) is 0 Å². The van der Waals surface area contributed by atoms with Crippen LogP contribution in [-0.2, 0) is 35.1 Å². The monoisotopic (exact) mass is 465 g/mol. The number of hydrogen-bond acceptors (Lipinski definition) is 9. The van der Waals surface area contributed by atoms with E-state index in [1.165, 1.54) is 12.1 Å². The van der Waals surface area contributed by atoms with Gasteiger partial charge in [-0.15, -0.1) is 0 Å². The summed E-state index contributed by atoms with van der Waals surface area (Å²) < 4.78 is 21.1. The fourth-order valence-electron chi connectivity index (χ4n) is 2.62. The van der Waals surface area contributed by atoms with Gasteiger partial charge in [0.1, 0.15) is 18.2 Å². The fraction of sp³-hybridized carbons (Fsp3) is 0.583. The number of esters is 4. The first-order chi connectivity index (χ1) is 15.5. The predicted molar refractivity (Wildman–Crippen MR) is 121 cm³/mol. The maximum absolute atomic E-state index is 12.4. The molecule has 0 bridgehead atoms. The van der Waals surface area contributed by atoms with Gasteiger partial charge in [-0.25, -0.2) is 0 Å². The van der Waals surface area contributed by atoms with Crippen molar-refractivity contribution in [3.8, 4) is 11.5 Å². The Labute approximate surface area is 194 Å². The average Bonchev–Trinajstić information content (AvgIpc) is 2.74. The zero-order chi connectivity index (χ0) is 25.1. The summed E-state index contributed by atoms with van der Waals surface area (Å²) in [6.07, 6.45) is -0.653. The largest absolute Gasteiger partial charge is 0.459 e. The summed E-state index contributed by atoms with van der Waals surface area (Å²) in [7, 11) is 0. The van der Waals surface area contributed by atoms with Crippen molar-refractivity contribution in [1.29, 1.82) is 0 Å². The molecule has 0 aromatic heterocycles. The van der Waals surface area contributed by atoms with Crippen molar-refractivity contribution in [1.82, 2.24) is 0 Å². The molecule has 0 saturated carbocycles. The van der Waals surface area contributed by atoms with E-state index < -0.39 is 36.2 Å². The molecule has 0 aliphatic heterocycles. The lowest BCUT2D eigenvalue weighted by Gasteiger charge is -2.23. The minimum atomic E-state index is -1.01. The number of ether oxygens (including phenoxy) is 4. The minimum absolute atomic E-state index is 0.0702. The van der Waals surface area contributed by atoms with Crippen LogP contribution in [0.1, 0.15) is 66.4 Å². The molecule has 9 nitrogen and oxygen atoms in total. The second-order valence-corrected chi connectivity index (χ2v) is 8.18. The molecule has 33 heavy (non-hydrogen) atoms. The lowest BCUT2D eigenvalue weighted by molar-refractivity contribution is -0.166. The zero-order valence-corrected chi connectivity index (χ0v) is 20.2. The van der Waals surface area contributed by atoms with E-state index in [0.29, 0.717) is 5.56 Å². The molecule has 184 valence electrons. The smallest absolute Gasteiger partial charge is 0.323 e. The van der Waals surface area contributed by atoms with Crippen molar-refractivity contribution < 1.29 is 38.1 Å². The second kappa shape index (κ2) is 13.6. The van der Waals surface area contributed by atoms with Crippen molar-refractivity contribution in [2.45, 2.75) is 85.5 Å². The third-order valence-corrected chi connectivity index (χ3v) is 4.65. The lowest BCUT2D eigenvalue weighted by atomic mass is 10.1. The molecule has 0 fully saturated rings. The van der Waals surface area contributed by atoms with E-state index in [-0.39, 0.29) is 49.1 Å². The van der Waals surface area contributed by atoms with Gasteiger partial charge in [0.05, 0.1) is 0 Å². The van der Waals surface area contributed by atoms with Gasteiger partial charge in [0.25, 0.3) is 0 Å². The van der Waals surface area contributed by atoms with Crippen molar-refractivity contribution in [2.24, 2.45) is 11.7 Å². The number of rotatable bonds is 12. The van der Waals surface area contributed by atoms with Gasteiger partial charge in [-0.2, -0.15) is 0 Å². The molecular formula is C24H35NO8. The summed E-state index contributed by atoms with van der Waals surface area (Å²) in [4.78, 5) is 47.7. The highest BCUT2D eigenvalue weighted by Gasteiger charge is 2.25. The van der Waals surface area contributed by atoms with Gasteiger partial charge < -0.3 is 24.7 Å². The third-order valence-electron chi connectivity index (χ3n) is 4.65. The molecule has 0 heterocycles. The molecule has 0 saturated heterocycles. The van der Waals surface area contributed by atoms with Gasteiger partial charge in [-0.05, 0) is 43.9 Å². The molecule has 1 aromatic rings. The van der Waals surface area contributed by atoms with Crippen LogP contribution in [0.3, 0.4) is 0 Å². The van der Waals surface area contributed by atoms with Crippen LogP contribution in [0, 0.1) is 5.92 Å². The summed E-state index contributed by atoms with van der Waals surface area (Å²) in [5.74, 6) is -1.66. The van der Waals surface area contributed by atoms with Gasteiger partial charge in [-0.1, -0.05) is 33.8 Å². The van der Waals surface area contributed by atoms with Crippen LogP contribution in [0.5, 0.6) is 11.5 Å². The Morgan fingerprint density at radius 2 is 1.36 bits per heavy atom. The SMILES string of the molecule is CCC(=O)Oc1ccc(C[C@H](N)C(=O)O[C@@H](C)[C@H](C)OC(=O)CC(C)C)cc1OC(=O)CC. The van der Waals surface area contributed by atoms with Crippen LogP contribution in [0.25, 0.3) is 0 Å². The van der Waals surface area contributed by atoms with E-state index in [4.69, 9.17) is 24.7 Å². The average molecular weight is 466 g/mol. The Hall–Kier alpha value is -2.94. The van der Waals surface area contributed by atoms with Crippen LogP contribution in [0.4, 0.5) is 0 Å². The summed E-state index contributed by atoms with van der Waals surface area (Å²) >= 11 is 0. The van der Waals surface area contributed by atoms with Gasteiger partial charge in [0.2, 0.25) is 0 Å². The number of benzene rings is 1. The van der Waals surface area contributed by atoms with Crippen molar-refractivity contribution >= 4 is 23.9 Å². The zero-order valence-electron chi connectivity index (χ0n) is 20.2. The first-order valence-corrected chi connectivity index (χ1v) is 11.2. The molecule has 0 radical (unpaired) electrons.